The number of amides is 1. The fourth-order valence-electron chi connectivity index (χ4n) is 3.24. The number of rotatable bonds is 6. The van der Waals surface area contributed by atoms with Crippen LogP contribution in [0.3, 0.4) is 0 Å². The zero-order valence-electron chi connectivity index (χ0n) is 14.7. The molecule has 1 aromatic carbocycles. The Bertz CT molecular complexity index is 719. The second-order valence-corrected chi connectivity index (χ2v) is 8.12. The number of anilines is 1. The Morgan fingerprint density at radius 2 is 2.15 bits per heavy atom. The van der Waals surface area contributed by atoms with Gasteiger partial charge in [-0.2, -0.15) is 0 Å². The van der Waals surface area contributed by atoms with Crippen LogP contribution in [0, 0.1) is 11.8 Å². The van der Waals surface area contributed by atoms with E-state index in [4.69, 9.17) is 11.6 Å². The van der Waals surface area contributed by atoms with Gasteiger partial charge < -0.3 is 10.6 Å². The van der Waals surface area contributed by atoms with Gasteiger partial charge in [-0.1, -0.05) is 42.0 Å². The van der Waals surface area contributed by atoms with Gasteiger partial charge in [0.15, 0.2) is 0 Å². The average Bonchev–Trinajstić information content (AvgIpc) is 3.02. The topological polar surface area (TPSA) is 66.9 Å². The van der Waals surface area contributed by atoms with Crippen molar-refractivity contribution in [2.75, 3.05) is 18.4 Å². The third-order valence-electron chi connectivity index (χ3n) is 4.65. The summed E-state index contributed by atoms with van der Waals surface area (Å²) in [6, 6.07) is 7.69. The van der Waals surface area contributed by atoms with Crippen LogP contribution in [0.5, 0.6) is 0 Å². The molecule has 8 heteroatoms. The third-order valence-corrected chi connectivity index (χ3v) is 5.73. The lowest BCUT2D eigenvalue weighted by Crippen LogP contribution is -2.32. The lowest BCUT2D eigenvalue weighted by atomic mass is 9.84. The lowest BCUT2D eigenvalue weighted by Gasteiger charge is -2.27. The van der Waals surface area contributed by atoms with Crippen molar-refractivity contribution in [1.29, 1.82) is 0 Å². The van der Waals surface area contributed by atoms with E-state index in [2.05, 4.69) is 27.8 Å². The molecule has 0 saturated carbocycles. The van der Waals surface area contributed by atoms with Crippen LogP contribution >= 0.6 is 35.3 Å². The van der Waals surface area contributed by atoms with Gasteiger partial charge in [0, 0.05) is 17.9 Å². The summed E-state index contributed by atoms with van der Waals surface area (Å²) in [5.74, 6) is 1.04. The minimum absolute atomic E-state index is 0. The van der Waals surface area contributed by atoms with Crippen LogP contribution in [-0.2, 0) is 11.2 Å². The molecule has 0 bridgehead atoms. The van der Waals surface area contributed by atoms with Gasteiger partial charge in [0.25, 0.3) is 0 Å². The minimum Gasteiger partial charge on any atom is -0.317 e. The lowest BCUT2D eigenvalue weighted by molar-refractivity contribution is -0.117. The van der Waals surface area contributed by atoms with Gasteiger partial charge in [-0.15, -0.1) is 22.6 Å². The Morgan fingerprint density at radius 1 is 1.38 bits per heavy atom. The highest BCUT2D eigenvalue weighted by Gasteiger charge is 2.22. The molecule has 0 spiro atoms. The van der Waals surface area contributed by atoms with E-state index >= 15 is 0 Å². The van der Waals surface area contributed by atoms with Gasteiger partial charge >= 0.3 is 0 Å². The second kappa shape index (κ2) is 10.2. The third kappa shape index (κ3) is 6.20. The molecule has 0 aliphatic carbocycles. The number of halogens is 2. The summed E-state index contributed by atoms with van der Waals surface area (Å²) in [5, 5.41) is 16.7. The number of piperidine rings is 1. The van der Waals surface area contributed by atoms with Crippen molar-refractivity contribution in [1.82, 2.24) is 15.5 Å². The molecular formula is C18H24Cl2N4OS. The Kier molecular flexibility index (Phi) is 8.28. The molecule has 142 valence electrons. The first-order chi connectivity index (χ1) is 12.1. The maximum absolute atomic E-state index is 12.3. The SMILES string of the molecule is CC(CC(=O)Nc1nnc(Cc2cccc(Cl)c2)s1)C1CCNCC1.Cl. The number of aromatic nitrogens is 2. The first kappa shape index (κ1) is 21.1. The molecule has 2 N–H and O–H groups in total. The van der Waals surface area contributed by atoms with Crippen LogP contribution in [0.25, 0.3) is 0 Å². The molecule has 1 unspecified atom stereocenters. The summed E-state index contributed by atoms with van der Waals surface area (Å²) in [6.07, 6.45) is 3.50. The first-order valence-electron chi connectivity index (χ1n) is 8.67. The van der Waals surface area contributed by atoms with Crippen LogP contribution in [0.2, 0.25) is 5.02 Å². The molecule has 1 aliphatic rings. The van der Waals surface area contributed by atoms with E-state index in [1.807, 2.05) is 24.3 Å². The zero-order chi connectivity index (χ0) is 17.6. The molecule has 2 aromatic rings. The Hall–Kier alpha value is -1.21. The van der Waals surface area contributed by atoms with Gasteiger partial charge in [-0.05, 0) is 55.5 Å². The quantitative estimate of drug-likeness (QED) is 0.743. The Morgan fingerprint density at radius 3 is 2.88 bits per heavy atom. The van der Waals surface area contributed by atoms with Crippen molar-refractivity contribution in [2.24, 2.45) is 11.8 Å². The van der Waals surface area contributed by atoms with Gasteiger partial charge in [-0.3, -0.25) is 4.79 Å². The number of benzene rings is 1. The first-order valence-corrected chi connectivity index (χ1v) is 9.87. The highest BCUT2D eigenvalue weighted by atomic mass is 35.5. The molecule has 1 amide bonds. The predicted octanol–water partition coefficient (Wildman–Crippen LogP) is 4.17. The van der Waals surface area contributed by atoms with Crippen molar-refractivity contribution in [3.05, 3.63) is 39.9 Å². The van der Waals surface area contributed by atoms with Crippen molar-refractivity contribution in [3.63, 3.8) is 0 Å². The number of nitrogens with zero attached hydrogens (tertiary/aromatic N) is 2. The fourth-order valence-corrected chi connectivity index (χ4v) is 4.24. The molecule has 1 aromatic heterocycles. The monoisotopic (exact) mass is 414 g/mol. The molecule has 0 radical (unpaired) electrons. The highest BCUT2D eigenvalue weighted by Crippen LogP contribution is 2.25. The summed E-state index contributed by atoms with van der Waals surface area (Å²) >= 11 is 7.42. The molecule has 1 aliphatic heterocycles. The smallest absolute Gasteiger partial charge is 0.226 e. The summed E-state index contributed by atoms with van der Waals surface area (Å²) in [7, 11) is 0. The van der Waals surface area contributed by atoms with Crippen LogP contribution in [0.15, 0.2) is 24.3 Å². The van der Waals surface area contributed by atoms with E-state index < -0.39 is 0 Å². The van der Waals surface area contributed by atoms with Crippen LogP contribution in [-0.4, -0.2) is 29.2 Å². The average molecular weight is 415 g/mol. The van der Waals surface area contributed by atoms with E-state index in [1.165, 1.54) is 11.3 Å². The summed E-state index contributed by atoms with van der Waals surface area (Å²) in [6.45, 7) is 4.28. The second-order valence-electron chi connectivity index (χ2n) is 6.62. The number of hydrogen-bond acceptors (Lipinski definition) is 5. The Balaban J connectivity index is 0.00000243. The zero-order valence-corrected chi connectivity index (χ0v) is 17.1. The molecule has 1 atom stereocenters. The van der Waals surface area contributed by atoms with E-state index in [1.54, 1.807) is 0 Å². The molecular weight excluding hydrogens is 391 g/mol. The summed E-state index contributed by atoms with van der Waals surface area (Å²) in [4.78, 5) is 12.3. The van der Waals surface area contributed by atoms with E-state index in [9.17, 15) is 4.79 Å². The molecule has 1 saturated heterocycles. The van der Waals surface area contributed by atoms with E-state index in [0.29, 0.717) is 34.8 Å². The van der Waals surface area contributed by atoms with Crippen LogP contribution in [0.1, 0.15) is 36.8 Å². The number of nitrogens with one attached hydrogen (secondary N) is 2. The standard InChI is InChI=1S/C18H23ClN4OS.ClH/c1-12(14-5-7-20-8-6-14)9-16(24)21-18-23-22-17(25-18)11-13-3-2-4-15(19)10-13;/h2-4,10,12,14,20H,5-9,11H2,1H3,(H,21,23,24);1H. The largest absolute Gasteiger partial charge is 0.317 e. The van der Waals surface area contributed by atoms with Gasteiger partial charge in [0.05, 0.1) is 0 Å². The van der Waals surface area contributed by atoms with Crippen molar-refractivity contribution < 1.29 is 4.79 Å². The van der Waals surface area contributed by atoms with E-state index in [0.717, 1.165) is 36.5 Å². The summed E-state index contributed by atoms with van der Waals surface area (Å²) in [5.41, 5.74) is 1.08. The normalized spacial score (nSPS) is 15.9. The molecule has 26 heavy (non-hydrogen) atoms. The summed E-state index contributed by atoms with van der Waals surface area (Å²) < 4.78 is 0. The number of carbonyl (C=O) groups excluding carboxylic acids is 1. The highest BCUT2D eigenvalue weighted by molar-refractivity contribution is 7.15. The van der Waals surface area contributed by atoms with Crippen LogP contribution < -0.4 is 10.6 Å². The number of hydrogen-bond donors (Lipinski definition) is 2. The molecule has 2 heterocycles. The van der Waals surface area contributed by atoms with Gasteiger partial charge in [0.1, 0.15) is 5.01 Å². The van der Waals surface area contributed by atoms with Gasteiger partial charge in [0.2, 0.25) is 11.0 Å². The van der Waals surface area contributed by atoms with Gasteiger partial charge in [-0.25, -0.2) is 0 Å². The minimum atomic E-state index is 0. The molecule has 3 rings (SSSR count). The maximum Gasteiger partial charge on any atom is 0.226 e. The molecule has 5 nitrogen and oxygen atoms in total. The van der Waals surface area contributed by atoms with Crippen LogP contribution in [0.4, 0.5) is 5.13 Å². The number of carbonyl (C=O) groups is 1. The fraction of sp³-hybridized carbons (Fsp3) is 0.500. The van der Waals surface area contributed by atoms with Crippen molar-refractivity contribution >= 4 is 46.4 Å². The van der Waals surface area contributed by atoms with Crippen molar-refractivity contribution in [2.45, 2.75) is 32.6 Å². The predicted molar refractivity (Wildman–Crippen MR) is 109 cm³/mol. The molecule has 1 fully saturated rings. The maximum atomic E-state index is 12.3. The van der Waals surface area contributed by atoms with Crippen molar-refractivity contribution in [3.8, 4) is 0 Å². The Labute approximate surface area is 169 Å². The van der Waals surface area contributed by atoms with E-state index in [-0.39, 0.29) is 18.3 Å².